The van der Waals surface area contributed by atoms with Gasteiger partial charge < -0.3 is 4.57 Å². The van der Waals surface area contributed by atoms with Gasteiger partial charge in [0.15, 0.2) is 0 Å². The monoisotopic (exact) mass is 220 g/mol. The number of fused-ring (bicyclic) bond motifs is 1. The molecule has 0 aliphatic heterocycles. The molecule has 78 valence electrons. The first kappa shape index (κ1) is 10.2. The van der Waals surface area contributed by atoms with Crippen molar-refractivity contribution in [1.82, 2.24) is 9.55 Å². The van der Waals surface area contributed by atoms with Gasteiger partial charge in [-0.2, -0.15) is 0 Å². The summed E-state index contributed by atoms with van der Waals surface area (Å²) in [5, 5.41) is 0.536. The molecule has 0 unspecified atom stereocenters. The minimum atomic E-state index is 0.308. The van der Waals surface area contributed by atoms with Crippen LogP contribution in [0.4, 0.5) is 0 Å². The van der Waals surface area contributed by atoms with E-state index in [0.717, 1.165) is 16.6 Å². The van der Waals surface area contributed by atoms with Crippen LogP contribution in [0.3, 0.4) is 0 Å². The Morgan fingerprint density at radius 3 is 2.80 bits per heavy atom. The zero-order valence-corrected chi connectivity index (χ0v) is 9.62. The molecule has 0 bridgehead atoms. The number of hydrogen-bond donors (Lipinski definition) is 0. The van der Waals surface area contributed by atoms with Crippen LogP contribution in [-0.2, 0) is 0 Å². The zero-order valence-electron chi connectivity index (χ0n) is 8.87. The molecule has 3 heteroatoms. The number of benzene rings is 1. The van der Waals surface area contributed by atoms with Gasteiger partial charge in [0.1, 0.15) is 0 Å². The summed E-state index contributed by atoms with van der Waals surface area (Å²) < 4.78 is 2.02. The van der Waals surface area contributed by atoms with Crippen molar-refractivity contribution in [2.24, 2.45) is 0 Å². The van der Waals surface area contributed by atoms with Gasteiger partial charge in [0.05, 0.1) is 11.0 Å². The molecule has 2 nitrogen and oxygen atoms in total. The van der Waals surface area contributed by atoms with Crippen molar-refractivity contribution in [2.75, 3.05) is 0 Å². The largest absolute Gasteiger partial charge is 0.312 e. The number of nitrogens with zero attached hydrogens (tertiary/aromatic N) is 2. The quantitative estimate of drug-likeness (QED) is 0.750. The summed E-state index contributed by atoms with van der Waals surface area (Å²) in [5.41, 5.74) is 3.01. The highest BCUT2D eigenvalue weighted by Crippen LogP contribution is 2.26. The topological polar surface area (TPSA) is 17.8 Å². The Morgan fingerprint density at radius 1 is 1.47 bits per heavy atom. The van der Waals surface area contributed by atoms with E-state index in [4.69, 9.17) is 11.6 Å². The molecule has 0 radical (unpaired) electrons. The third-order valence-electron chi connectivity index (χ3n) is 2.44. The van der Waals surface area contributed by atoms with Crippen LogP contribution in [0.1, 0.15) is 25.5 Å². The summed E-state index contributed by atoms with van der Waals surface area (Å²) in [4.78, 5) is 4.36. The number of para-hydroxylation sites is 1. The number of aromatic nitrogens is 2. The standard InChI is InChI=1S/C12H13ClN2/c1-4-9-6-5-7-10-11(9)14-12(13)15(10)8(2)3/h4-8H,1H2,2-3H3. The second kappa shape index (κ2) is 3.70. The summed E-state index contributed by atoms with van der Waals surface area (Å²) in [6, 6.07) is 6.32. The smallest absolute Gasteiger partial charge is 0.204 e. The number of halogens is 1. The molecule has 0 fully saturated rings. The first-order valence-corrected chi connectivity index (χ1v) is 5.32. The van der Waals surface area contributed by atoms with Crippen LogP contribution in [0.15, 0.2) is 24.8 Å². The van der Waals surface area contributed by atoms with E-state index in [9.17, 15) is 0 Å². The van der Waals surface area contributed by atoms with Crippen LogP contribution >= 0.6 is 11.6 Å². The lowest BCUT2D eigenvalue weighted by molar-refractivity contribution is 0.618. The second-order valence-electron chi connectivity index (χ2n) is 3.76. The average molecular weight is 221 g/mol. The van der Waals surface area contributed by atoms with Crippen LogP contribution in [0, 0.1) is 0 Å². The fraction of sp³-hybridized carbons (Fsp3) is 0.250. The number of rotatable bonds is 2. The molecule has 0 spiro atoms. The Morgan fingerprint density at radius 2 is 2.20 bits per heavy atom. The van der Waals surface area contributed by atoms with Gasteiger partial charge in [0.25, 0.3) is 0 Å². The lowest BCUT2D eigenvalue weighted by Crippen LogP contribution is -1.99. The third kappa shape index (κ3) is 1.55. The normalized spacial score (nSPS) is 11.2. The second-order valence-corrected chi connectivity index (χ2v) is 4.10. The van der Waals surface area contributed by atoms with Crippen LogP contribution in [-0.4, -0.2) is 9.55 Å². The Bertz CT molecular complexity index is 512. The molecule has 1 aromatic carbocycles. The van der Waals surface area contributed by atoms with Gasteiger partial charge in [-0.3, -0.25) is 0 Å². The Balaban J connectivity index is 2.84. The molecule has 15 heavy (non-hydrogen) atoms. The van der Waals surface area contributed by atoms with Crippen molar-refractivity contribution in [1.29, 1.82) is 0 Å². The first-order chi connectivity index (χ1) is 7.15. The van der Waals surface area contributed by atoms with Crippen LogP contribution in [0.2, 0.25) is 5.28 Å². The van der Waals surface area contributed by atoms with Gasteiger partial charge in [-0.1, -0.05) is 24.8 Å². The minimum absolute atomic E-state index is 0.308. The Kier molecular flexibility index (Phi) is 2.53. The molecule has 0 saturated carbocycles. The van der Waals surface area contributed by atoms with Gasteiger partial charge in [-0.15, -0.1) is 0 Å². The summed E-state index contributed by atoms with van der Waals surface area (Å²) in [6.45, 7) is 7.95. The van der Waals surface area contributed by atoms with E-state index in [-0.39, 0.29) is 0 Å². The van der Waals surface area contributed by atoms with E-state index in [1.54, 1.807) is 6.08 Å². The van der Waals surface area contributed by atoms with Gasteiger partial charge in [0, 0.05) is 11.6 Å². The molecule has 2 rings (SSSR count). The van der Waals surface area contributed by atoms with Crippen molar-refractivity contribution in [2.45, 2.75) is 19.9 Å². The van der Waals surface area contributed by atoms with Crippen molar-refractivity contribution < 1.29 is 0 Å². The van der Waals surface area contributed by atoms with Gasteiger partial charge in [-0.05, 0) is 31.5 Å². The van der Waals surface area contributed by atoms with E-state index in [2.05, 4.69) is 25.4 Å². The lowest BCUT2D eigenvalue weighted by atomic mass is 10.2. The highest BCUT2D eigenvalue weighted by molar-refractivity contribution is 6.29. The highest BCUT2D eigenvalue weighted by atomic mass is 35.5. The molecular formula is C12H13ClN2. The third-order valence-corrected chi connectivity index (χ3v) is 2.71. The van der Waals surface area contributed by atoms with Crippen LogP contribution < -0.4 is 0 Å². The maximum atomic E-state index is 6.11. The fourth-order valence-corrected chi connectivity index (χ4v) is 2.14. The number of hydrogen-bond acceptors (Lipinski definition) is 1. The van der Waals surface area contributed by atoms with Gasteiger partial charge in [0.2, 0.25) is 5.28 Å². The first-order valence-electron chi connectivity index (χ1n) is 4.94. The van der Waals surface area contributed by atoms with E-state index >= 15 is 0 Å². The van der Waals surface area contributed by atoms with Crippen LogP contribution in [0.25, 0.3) is 17.1 Å². The van der Waals surface area contributed by atoms with Crippen molar-refractivity contribution in [3.63, 3.8) is 0 Å². The molecule has 1 aromatic heterocycles. The Labute approximate surface area is 94.2 Å². The zero-order chi connectivity index (χ0) is 11.0. The molecule has 0 aliphatic rings. The highest BCUT2D eigenvalue weighted by Gasteiger charge is 2.12. The van der Waals surface area contributed by atoms with Crippen molar-refractivity contribution >= 4 is 28.7 Å². The minimum Gasteiger partial charge on any atom is -0.312 e. The summed E-state index contributed by atoms with van der Waals surface area (Å²) in [7, 11) is 0. The molecule has 1 heterocycles. The van der Waals surface area contributed by atoms with E-state index in [0.29, 0.717) is 11.3 Å². The summed E-state index contributed by atoms with van der Waals surface area (Å²) >= 11 is 6.11. The molecular weight excluding hydrogens is 208 g/mol. The molecule has 0 saturated heterocycles. The summed E-state index contributed by atoms with van der Waals surface area (Å²) in [6.07, 6.45) is 1.80. The van der Waals surface area contributed by atoms with Crippen LogP contribution in [0.5, 0.6) is 0 Å². The van der Waals surface area contributed by atoms with Gasteiger partial charge in [-0.25, -0.2) is 4.98 Å². The van der Waals surface area contributed by atoms with E-state index < -0.39 is 0 Å². The van der Waals surface area contributed by atoms with Crippen molar-refractivity contribution in [3.8, 4) is 0 Å². The summed E-state index contributed by atoms with van der Waals surface area (Å²) in [5.74, 6) is 0. The predicted molar refractivity (Wildman–Crippen MR) is 65.2 cm³/mol. The molecule has 0 N–H and O–H groups in total. The number of imidazole rings is 1. The SMILES string of the molecule is C=Cc1cccc2c1nc(Cl)n2C(C)C. The van der Waals surface area contributed by atoms with E-state index in [1.165, 1.54) is 0 Å². The maximum absolute atomic E-state index is 6.11. The van der Waals surface area contributed by atoms with Crippen molar-refractivity contribution in [3.05, 3.63) is 35.6 Å². The maximum Gasteiger partial charge on any atom is 0.204 e. The molecule has 2 aromatic rings. The molecule has 0 aliphatic carbocycles. The average Bonchev–Trinajstić information content (AvgIpc) is 2.53. The lowest BCUT2D eigenvalue weighted by Gasteiger charge is -2.09. The Hall–Kier alpha value is -1.28. The van der Waals surface area contributed by atoms with E-state index in [1.807, 2.05) is 22.8 Å². The molecule has 0 atom stereocenters. The molecule has 0 amide bonds. The fourth-order valence-electron chi connectivity index (χ4n) is 1.77. The van der Waals surface area contributed by atoms with Gasteiger partial charge >= 0.3 is 0 Å². The predicted octanol–water partition coefficient (Wildman–Crippen LogP) is 3.91.